The highest BCUT2D eigenvalue weighted by Gasteiger charge is 2.20. The van der Waals surface area contributed by atoms with Gasteiger partial charge in [-0.1, -0.05) is 36.4 Å². The van der Waals surface area contributed by atoms with Crippen LogP contribution >= 0.6 is 0 Å². The van der Waals surface area contributed by atoms with Crippen molar-refractivity contribution in [1.29, 1.82) is 0 Å². The Balaban J connectivity index is 1.33. The van der Waals surface area contributed by atoms with Crippen molar-refractivity contribution in [3.05, 3.63) is 65.5 Å². The molecule has 1 saturated heterocycles. The zero-order valence-corrected chi connectivity index (χ0v) is 17.1. The first-order valence-electron chi connectivity index (χ1n) is 10.3. The van der Waals surface area contributed by atoms with E-state index in [1.807, 2.05) is 41.3 Å². The second-order valence-electron chi connectivity index (χ2n) is 7.32. The maximum Gasteiger partial charge on any atom is 0.317 e. The third-order valence-corrected chi connectivity index (χ3v) is 5.40. The molecule has 2 aromatic rings. The lowest BCUT2D eigenvalue weighted by molar-refractivity contribution is 0.138. The Bertz CT molecular complexity index is 791. The van der Waals surface area contributed by atoms with E-state index < -0.39 is 0 Å². The zero-order chi connectivity index (χ0) is 20.5. The van der Waals surface area contributed by atoms with Gasteiger partial charge in [-0.3, -0.25) is 4.90 Å². The number of amides is 2. The van der Waals surface area contributed by atoms with Gasteiger partial charge in [0, 0.05) is 32.7 Å². The molecule has 0 aromatic heterocycles. The van der Waals surface area contributed by atoms with E-state index in [2.05, 4.69) is 10.2 Å². The molecule has 1 aliphatic heterocycles. The molecule has 0 aliphatic carbocycles. The fourth-order valence-corrected chi connectivity index (χ4v) is 3.69. The Morgan fingerprint density at radius 3 is 2.41 bits per heavy atom. The molecule has 0 spiro atoms. The maximum absolute atomic E-state index is 13.7. The van der Waals surface area contributed by atoms with Crippen LogP contribution < -0.4 is 10.1 Å². The van der Waals surface area contributed by atoms with Gasteiger partial charge in [0.05, 0.1) is 7.11 Å². The topological polar surface area (TPSA) is 44.8 Å². The lowest BCUT2D eigenvalue weighted by Crippen LogP contribution is -2.52. The van der Waals surface area contributed by atoms with Gasteiger partial charge in [0.1, 0.15) is 11.6 Å². The first-order valence-corrected chi connectivity index (χ1v) is 10.3. The number of rotatable bonds is 8. The van der Waals surface area contributed by atoms with E-state index in [1.54, 1.807) is 13.2 Å². The number of carbonyl (C=O) groups is 1. The van der Waals surface area contributed by atoms with Gasteiger partial charge in [0.2, 0.25) is 0 Å². The molecular formula is C23H30FN3O2. The van der Waals surface area contributed by atoms with Crippen molar-refractivity contribution >= 4 is 6.03 Å². The van der Waals surface area contributed by atoms with Gasteiger partial charge >= 0.3 is 6.03 Å². The van der Waals surface area contributed by atoms with Gasteiger partial charge in [0.25, 0.3) is 0 Å². The smallest absolute Gasteiger partial charge is 0.317 e. The Labute approximate surface area is 172 Å². The first kappa shape index (κ1) is 21.1. The fraction of sp³-hybridized carbons (Fsp3) is 0.435. The normalized spacial score (nSPS) is 14.6. The summed E-state index contributed by atoms with van der Waals surface area (Å²) >= 11 is 0. The molecule has 0 atom stereocenters. The van der Waals surface area contributed by atoms with Crippen molar-refractivity contribution in [3.8, 4) is 5.75 Å². The second-order valence-corrected chi connectivity index (χ2v) is 7.32. The highest BCUT2D eigenvalue weighted by molar-refractivity contribution is 5.74. The number of urea groups is 1. The number of ether oxygens (including phenoxy) is 1. The number of para-hydroxylation sites is 1. The van der Waals surface area contributed by atoms with E-state index >= 15 is 0 Å². The summed E-state index contributed by atoms with van der Waals surface area (Å²) in [5.41, 5.74) is 1.87. The average molecular weight is 400 g/mol. The maximum atomic E-state index is 13.7. The van der Waals surface area contributed by atoms with Crippen LogP contribution in [0.3, 0.4) is 0 Å². The summed E-state index contributed by atoms with van der Waals surface area (Å²) in [7, 11) is 1.66. The third kappa shape index (κ3) is 6.19. The number of carbonyl (C=O) groups excluding carboxylic acids is 1. The van der Waals surface area contributed by atoms with Crippen LogP contribution in [0.15, 0.2) is 48.5 Å². The van der Waals surface area contributed by atoms with Crippen LogP contribution in [0.5, 0.6) is 5.75 Å². The van der Waals surface area contributed by atoms with Gasteiger partial charge in [-0.2, -0.15) is 0 Å². The Morgan fingerprint density at radius 2 is 1.69 bits per heavy atom. The number of aryl methyl sites for hydroxylation is 1. The molecule has 0 bridgehead atoms. The van der Waals surface area contributed by atoms with Gasteiger partial charge in [-0.25, -0.2) is 9.18 Å². The number of hydrogen-bond donors (Lipinski definition) is 1. The first-order chi connectivity index (χ1) is 14.2. The van der Waals surface area contributed by atoms with Crippen LogP contribution in [0.25, 0.3) is 0 Å². The minimum absolute atomic E-state index is 0.00842. The number of piperazine rings is 1. The van der Waals surface area contributed by atoms with Gasteiger partial charge in [-0.05, 0) is 49.1 Å². The van der Waals surface area contributed by atoms with Gasteiger partial charge in [-0.15, -0.1) is 0 Å². The summed E-state index contributed by atoms with van der Waals surface area (Å²) in [6.07, 6.45) is 2.41. The SMILES string of the molecule is COc1ccccc1CCNC(=O)N1CCN(CCCc2ccccc2F)CC1. The van der Waals surface area contributed by atoms with Crippen LogP contribution in [0.4, 0.5) is 9.18 Å². The Kier molecular flexibility index (Phi) is 7.87. The van der Waals surface area contributed by atoms with Gasteiger partial charge in [0.15, 0.2) is 0 Å². The van der Waals surface area contributed by atoms with Crippen molar-refractivity contribution in [3.63, 3.8) is 0 Å². The fourth-order valence-electron chi connectivity index (χ4n) is 3.69. The van der Waals surface area contributed by atoms with Gasteiger partial charge < -0.3 is 15.0 Å². The van der Waals surface area contributed by atoms with Crippen molar-refractivity contribution in [2.24, 2.45) is 0 Å². The highest BCUT2D eigenvalue weighted by atomic mass is 19.1. The molecule has 1 aliphatic rings. The molecule has 29 heavy (non-hydrogen) atoms. The number of nitrogens with one attached hydrogen (secondary N) is 1. The highest BCUT2D eigenvalue weighted by Crippen LogP contribution is 2.17. The molecule has 156 valence electrons. The Hall–Kier alpha value is -2.60. The van der Waals surface area contributed by atoms with E-state index in [9.17, 15) is 9.18 Å². The molecule has 6 heteroatoms. The summed E-state index contributed by atoms with van der Waals surface area (Å²) in [5.74, 6) is 0.730. The van der Waals surface area contributed by atoms with Crippen LogP contribution in [0.1, 0.15) is 17.5 Å². The number of hydrogen-bond acceptors (Lipinski definition) is 3. The van der Waals surface area contributed by atoms with Crippen molar-refractivity contribution < 1.29 is 13.9 Å². The molecule has 0 saturated carbocycles. The van der Waals surface area contributed by atoms with Crippen molar-refractivity contribution in [2.75, 3.05) is 46.4 Å². The standard InChI is InChI=1S/C23H30FN3O2/c1-29-22-11-5-3-8-20(22)12-13-25-23(28)27-17-15-26(16-18-27)14-6-9-19-7-2-4-10-21(19)24/h2-5,7-8,10-11H,6,9,12-18H2,1H3,(H,25,28). The molecule has 5 nitrogen and oxygen atoms in total. The zero-order valence-electron chi connectivity index (χ0n) is 17.1. The Morgan fingerprint density at radius 1 is 1.00 bits per heavy atom. The van der Waals surface area contributed by atoms with E-state index in [1.165, 1.54) is 6.07 Å². The predicted octanol–water partition coefficient (Wildman–Crippen LogP) is 3.34. The van der Waals surface area contributed by atoms with E-state index in [4.69, 9.17) is 4.74 Å². The molecule has 1 heterocycles. The summed E-state index contributed by atoms with van der Waals surface area (Å²) < 4.78 is 19.0. The molecule has 3 rings (SSSR count). The molecule has 0 radical (unpaired) electrons. The number of benzene rings is 2. The molecular weight excluding hydrogens is 369 g/mol. The van der Waals surface area contributed by atoms with E-state index in [0.717, 1.165) is 68.9 Å². The van der Waals surface area contributed by atoms with E-state index in [0.29, 0.717) is 6.54 Å². The number of methoxy groups -OCH3 is 1. The van der Waals surface area contributed by atoms with Crippen LogP contribution in [-0.4, -0.2) is 62.2 Å². The average Bonchev–Trinajstić information content (AvgIpc) is 2.76. The monoisotopic (exact) mass is 399 g/mol. The molecule has 2 amide bonds. The second kappa shape index (κ2) is 10.8. The van der Waals surface area contributed by atoms with Crippen LogP contribution in [0.2, 0.25) is 0 Å². The lowest BCUT2D eigenvalue weighted by atomic mass is 10.1. The molecule has 0 unspecified atom stereocenters. The molecule has 1 N–H and O–H groups in total. The van der Waals surface area contributed by atoms with Crippen molar-refractivity contribution in [1.82, 2.24) is 15.1 Å². The summed E-state index contributed by atoms with van der Waals surface area (Å²) in [5, 5.41) is 3.01. The summed E-state index contributed by atoms with van der Waals surface area (Å²) in [4.78, 5) is 16.6. The minimum Gasteiger partial charge on any atom is -0.496 e. The van der Waals surface area contributed by atoms with Crippen LogP contribution in [0, 0.1) is 5.82 Å². The van der Waals surface area contributed by atoms with Crippen LogP contribution in [-0.2, 0) is 12.8 Å². The molecule has 1 fully saturated rings. The lowest BCUT2D eigenvalue weighted by Gasteiger charge is -2.34. The molecule has 2 aromatic carbocycles. The minimum atomic E-state index is -0.123. The number of halogens is 1. The predicted molar refractivity (Wildman–Crippen MR) is 113 cm³/mol. The summed E-state index contributed by atoms with van der Waals surface area (Å²) in [6.45, 7) is 4.68. The summed E-state index contributed by atoms with van der Waals surface area (Å²) in [6, 6.07) is 14.8. The third-order valence-electron chi connectivity index (χ3n) is 5.40. The largest absolute Gasteiger partial charge is 0.496 e. The quantitative estimate of drug-likeness (QED) is 0.741. The van der Waals surface area contributed by atoms with Crippen molar-refractivity contribution in [2.45, 2.75) is 19.3 Å². The van der Waals surface area contributed by atoms with E-state index in [-0.39, 0.29) is 11.8 Å². The number of nitrogens with zero attached hydrogens (tertiary/aromatic N) is 2.